The molecule has 5 nitrogen and oxygen atoms in total. The van der Waals surface area contributed by atoms with Crippen LogP contribution in [-0.2, 0) is 14.3 Å². The highest BCUT2D eigenvalue weighted by molar-refractivity contribution is 5.88. The van der Waals surface area contributed by atoms with E-state index in [0.717, 1.165) is 19.3 Å². The Hall–Kier alpha value is -1.10. The molecule has 0 radical (unpaired) electrons. The van der Waals surface area contributed by atoms with Gasteiger partial charge in [-0.1, -0.05) is 6.92 Å². The monoisotopic (exact) mass is 255 g/mol. The zero-order chi connectivity index (χ0) is 13.2. The second kappa shape index (κ2) is 5.26. The summed E-state index contributed by atoms with van der Waals surface area (Å²) in [6.07, 6.45) is 3.28. The molecule has 1 unspecified atom stereocenters. The average Bonchev–Trinajstić information content (AvgIpc) is 2.84. The van der Waals surface area contributed by atoms with Crippen LogP contribution in [0.3, 0.4) is 0 Å². The van der Waals surface area contributed by atoms with Gasteiger partial charge in [0.15, 0.2) is 0 Å². The molecule has 0 bridgehead atoms. The summed E-state index contributed by atoms with van der Waals surface area (Å²) < 4.78 is 5.25. The van der Waals surface area contributed by atoms with E-state index in [9.17, 15) is 14.7 Å². The Labute approximate surface area is 107 Å². The van der Waals surface area contributed by atoms with Gasteiger partial charge in [-0.15, -0.1) is 0 Å². The largest absolute Gasteiger partial charge is 0.479 e. The molecular weight excluding hydrogens is 234 g/mol. The third kappa shape index (κ3) is 2.11. The molecule has 2 heterocycles. The number of aliphatic carboxylic acids is 1. The quantitative estimate of drug-likeness (QED) is 0.824. The molecule has 1 N–H and O–H groups in total. The number of carboxylic acid groups (broad SMARTS) is 1. The van der Waals surface area contributed by atoms with E-state index >= 15 is 0 Å². The van der Waals surface area contributed by atoms with Crippen LogP contribution >= 0.6 is 0 Å². The van der Waals surface area contributed by atoms with Gasteiger partial charge in [0.1, 0.15) is 5.54 Å². The third-order valence-electron chi connectivity index (χ3n) is 4.31. The molecule has 2 saturated heterocycles. The molecule has 0 aromatic heterocycles. The van der Waals surface area contributed by atoms with Crippen molar-refractivity contribution >= 4 is 11.9 Å². The molecule has 0 spiro atoms. The minimum absolute atomic E-state index is 0.0139. The molecule has 5 heteroatoms. The van der Waals surface area contributed by atoms with Gasteiger partial charge < -0.3 is 14.7 Å². The summed E-state index contributed by atoms with van der Waals surface area (Å²) in [6.45, 7) is 3.65. The number of carbonyl (C=O) groups is 2. The van der Waals surface area contributed by atoms with Crippen molar-refractivity contribution in [3.8, 4) is 0 Å². The van der Waals surface area contributed by atoms with E-state index in [2.05, 4.69) is 0 Å². The first kappa shape index (κ1) is 13.3. The summed E-state index contributed by atoms with van der Waals surface area (Å²) in [4.78, 5) is 25.6. The lowest BCUT2D eigenvalue weighted by molar-refractivity contribution is -0.159. The smallest absolute Gasteiger partial charge is 0.329 e. The van der Waals surface area contributed by atoms with Crippen LogP contribution in [0.15, 0.2) is 0 Å². The van der Waals surface area contributed by atoms with Crippen molar-refractivity contribution in [1.82, 2.24) is 4.90 Å². The summed E-state index contributed by atoms with van der Waals surface area (Å²) in [5, 5.41) is 9.46. The normalized spacial score (nSPS) is 29.5. The Bertz CT molecular complexity index is 338. The first-order valence-corrected chi connectivity index (χ1v) is 6.74. The topological polar surface area (TPSA) is 66.8 Å². The molecular formula is C13H21NO4. The predicted molar refractivity (Wildman–Crippen MR) is 65.1 cm³/mol. The van der Waals surface area contributed by atoms with Crippen molar-refractivity contribution in [2.75, 3.05) is 19.8 Å². The van der Waals surface area contributed by atoms with Crippen LogP contribution in [0, 0.1) is 5.92 Å². The predicted octanol–water partition coefficient (Wildman–Crippen LogP) is 1.27. The Morgan fingerprint density at radius 1 is 1.39 bits per heavy atom. The third-order valence-corrected chi connectivity index (χ3v) is 4.31. The molecule has 1 amide bonds. The first-order chi connectivity index (χ1) is 8.62. The Kier molecular flexibility index (Phi) is 3.90. The maximum Gasteiger partial charge on any atom is 0.329 e. The Morgan fingerprint density at radius 2 is 2.06 bits per heavy atom. The molecule has 0 aromatic carbocycles. The van der Waals surface area contributed by atoms with Crippen LogP contribution in [0.4, 0.5) is 0 Å². The summed E-state index contributed by atoms with van der Waals surface area (Å²) >= 11 is 0. The fourth-order valence-electron chi connectivity index (χ4n) is 3.11. The lowest BCUT2D eigenvalue weighted by Crippen LogP contribution is -2.54. The molecule has 1 atom stereocenters. The molecule has 2 aliphatic heterocycles. The molecule has 0 aliphatic carbocycles. The van der Waals surface area contributed by atoms with Crippen LogP contribution in [0.5, 0.6) is 0 Å². The van der Waals surface area contributed by atoms with Crippen LogP contribution < -0.4 is 0 Å². The van der Waals surface area contributed by atoms with Crippen molar-refractivity contribution in [2.45, 2.75) is 44.6 Å². The summed E-state index contributed by atoms with van der Waals surface area (Å²) in [6, 6.07) is 0. The summed E-state index contributed by atoms with van der Waals surface area (Å²) in [5.41, 5.74) is -0.963. The van der Waals surface area contributed by atoms with E-state index in [1.54, 1.807) is 4.90 Å². The number of nitrogens with zero attached hydrogens (tertiary/aromatic N) is 1. The lowest BCUT2D eigenvalue weighted by atomic mass is 9.90. The number of hydrogen-bond donors (Lipinski definition) is 1. The van der Waals surface area contributed by atoms with Crippen LogP contribution in [0.25, 0.3) is 0 Å². The molecule has 0 saturated carbocycles. The highest BCUT2D eigenvalue weighted by Crippen LogP contribution is 2.35. The first-order valence-electron chi connectivity index (χ1n) is 6.74. The van der Waals surface area contributed by atoms with Crippen molar-refractivity contribution in [2.24, 2.45) is 5.92 Å². The van der Waals surface area contributed by atoms with Crippen LogP contribution in [-0.4, -0.2) is 47.2 Å². The maximum atomic E-state index is 12.5. The van der Waals surface area contributed by atoms with Gasteiger partial charge >= 0.3 is 5.97 Å². The van der Waals surface area contributed by atoms with Gasteiger partial charge in [-0.3, -0.25) is 4.79 Å². The number of hydrogen-bond acceptors (Lipinski definition) is 3. The average molecular weight is 255 g/mol. The minimum Gasteiger partial charge on any atom is -0.479 e. The van der Waals surface area contributed by atoms with Gasteiger partial charge in [0.2, 0.25) is 5.91 Å². The zero-order valence-electron chi connectivity index (χ0n) is 10.9. The van der Waals surface area contributed by atoms with E-state index < -0.39 is 11.5 Å². The Balaban J connectivity index is 2.15. The molecule has 2 fully saturated rings. The fourth-order valence-corrected chi connectivity index (χ4v) is 3.11. The SMILES string of the molecule is CCC1(C(=O)O)CCCN1C(=O)C1CCOCC1. The number of likely N-dealkylation sites (tertiary alicyclic amines) is 1. The maximum absolute atomic E-state index is 12.5. The molecule has 2 aliphatic rings. The standard InChI is InChI=1S/C13H21NO4/c1-2-13(12(16)17)6-3-7-14(13)11(15)10-4-8-18-9-5-10/h10H,2-9H2,1H3,(H,16,17). The summed E-state index contributed by atoms with van der Waals surface area (Å²) in [5.74, 6) is -0.898. The van der Waals surface area contributed by atoms with Gasteiger partial charge in [-0.25, -0.2) is 4.79 Å². The van der Waals surface area contributed by atoms with Crippen molar-refractivity contribution in [1.29, 1.82) is 0 Å². The van der Waals surface area contributed by atoms with Gasteiger partial charge in [-0.05, 0) is 32.1 Å². The van der Waals surface area contributed by atoms with Crippen molar-refractivity contribution in [3.63, 3.8) is 0 Å². The van der Waals surface area contributed by atoms with Crippen molar-refractivity contribution < 1.29 is 19.4 Å². The van der Waals surface area contributed by atoms with Crippen molar-refractivity contribution in [3.05, 3.63) is 0 Å². The van der Waals surface area contributed by atoms with E-state index in [4.69, 9.17) is 4.74 Å². The minimum atomic E-state index is -0.963. The van der Waals surface area contributed by atoms with Gasteiger partial charge in [0.25, 0.3) is 0 Å². The van der Waals surface area contributed by atoms with E-state index in [1.807, 2.05) is 6.92 Å². The van der Waals surface area contributed by atoms with E-state index in [1.165, 1.54) is 0 Å². The van der Waals surface area contributed by atoms with E-state index in [-0.39, 0.29) is 11.8 Å². The molecule has 2 rings (SSSR count). The molecule has 0 aromatic rings. The van der Waals surface area contributed by atoms with Crippen LogP contribution in [0.2, 0.25) is 0 Å². The Morgan fingerprint density at radius 3 is 2.61 bits per heavy atom. The van der Waals surface area contributed by atoms with E-state index in [0.29, 0.717) is 32.6 Å². The van der Waals surface area contributed by atoms with Gasteiger partial charge in [-0.2, -0.15) is 0 Å². The highest BCUT2D eigenvalue weighted by Gasteiger charge is 2.49. The zero-order valence-corrected chi connectivity index (χ0v) is 10.9. The number of carboxylic acids is 1. The second-order valence-electron chi connectivity index (χ2n) is 5.17. The van der Waals surface area contributed by atoms with Gasteiger partial charge in [0.05, 0.1) is 0 Å². The summed E-state index contributed by atoms with van der Waals surface area (Å²) in [7, 11) is 0. The number of rotatable bonds is 3. The van der Waals surface area contributed by atoms with Gasteiger partial charge in [0, 0.05) is 25.7 Å². The number of carbonyl (C=O) groups excluding carboxylic acids is 1. The fraction of sp³-hybridized carbons (Fsp3) is 0.846. The number of amides is 1. The molecule has 18 heavy (non-hydrogen) atoms. The number of ether oxygens (including phenoxy) is 1. The van der Waals surface area contributed by atoms with Crippen LogP contribution in [0.1, 0.15) is 39.0 Å². The second-order valence-corrected chi connectivity index (χ2v) is 5.17. The lowest BCUT2D eigenvalue weighted by Gasteiger charge is -2.37. The highest BCUT2D eigenvalue weighted by atomic mass is 16.5. The molecule has 102 valence electrons.